The van der Waals surface area contributed by atoms with Crippen molar-refractivity contribution in [2.75, 3.05) is 31.5 Å². The van der Waals surface area contributed by atoms with Crippen molar-refractivity contribution in [1.29, 1.82) is 0 Å². The first kappa shape index (κ1) is 24.5. The van der Waals surface area contributed by atoms with Crippen molar-refractivity contribution in [3.05, 3.63) is 36.0 Å². The summed E-state index contributed by atoms with van der Waals surface area (Å²) in [5.74, 6) is 0.777. The molecule has 0 aromatic carbocycles. The molecule has 0 bridgehead atoms. The van der Waals surface area contributed by atoms with Gasteiger partial charge >= 0.3 is 6.01 Å². The Bertz CT molecular complexity index is 1170. The number of hydrogen-bond acceptors (Lipinski definition) is 10. The monoisotopic (exact) mass is 508 g/mol. The maximum Gasteiger partial charge on any atom is 0.317 e. The highest BCUT2D eigenvalue weighted by Crippen LogP contribution is 2.31. The number of rotatable bonds is 7. The Morgan fingerprint density at radius 3 is 2.58 bits per heavy atom. The molecule has 3 aromatic heterocycles. The van der Waals surface area contributed by atoms with E-state index in [2.05, 4.69) is 35.1 Å². The summed E-state index contributed by atoms with van der Waals surface area (Å²) in [5.41, 5.74) is 2.58. The molecule has 0 atom stereocenters. The Balaban J connectivity index is 1.18. The zero-order valence-electron chi connectivity index (χ0n) is 20.8. The summed E-state index contributed by atoms with van der Waals surface area (Å²) in [4.78, 5) is 39.3. The molecule has 1 saturated heterocycles. The van der Waals surface area contributed by atoms with E-state index in [-0.39, 0.29) is 12.0 Å². The van der Waals surface area contributed by atoms with Gasteiger partial charge in [-0.1, -0.05) is 17.8 Å². The van der Waals surface area contributed by atoms with Crippen LogP contribution in [-0.4, -0.2) is 72.9 Å². The highest BCUT2D eigenvalue weighted by atomic mass is 32.1. The fourth-order valence-corrected chi connectivity index (χ4v) is 5.35. The fourth-order valence-electron chi connectivity index (χ4n) is 4.56. The first-order valence-corrected chi connectivity index (χ1v) is 13.4. The number of amides is 1. The van der Waals surface area contributed by atoms with Gasteiger partial charge in [-0.3, -0.25) is 14.7 Å². The number of hydrogen-bond donors (Lipinski definition) is 1. The number of carbonyl (C=O) groups excluding carboxylic acids is 1. The predicted octanol–water partition coefficient (Wildman–Crippen LogP) is 3.82. The van der Waals surface area contributed by atoms with Crippen LogP contribution in [-0.2, 0) is 11.3 Å². The van der Waals surface area contributed by atoms with Crippen LogP contribution >= 0.6 is 11.3 Å². The van der Waals surface area contributed by atoms with Crippen molar-refractivity contribution in [3.8, 4) is 16.6 Å². The van der Waals surface area contributed by atoms with Crippen LogP contribution in [0.4, 0.5) is 10.9 Å². The molecule has 5 rings (SSSR count). The molecule has 4 heterocycles. The molecule has 3 aromatic rings. The van der Waals surface area contributed by atoms with Gasteiger partial charge in [0, 0.05) is 51.5 Å². The molecule has 0 radical (unpaired) electrons. The van der Waals surface area contributed by atoms with E-state index in [1.807, 2.05) is 24.1 Å². The summed E-state index contributed by atoms with van der Waals surface area (Å²) in [6, 6.07) is 2.40. The molecule has 0 unspecified atom stereocenters. The minimum Gasteiger partial charge on any atom is -0.460 e. The van der Waals surface area contributed by atoms with Crippen LogP contribution < -0.4 is 10.1 Å². The summed E-state index contributed by atoms with van der Waals surface area (Å²) < 4.78 is 6.09. The molecule has 2 aliphatic rings. The molecule has 1 aliphatic heterocycles. The fraction of sp³-hybridized carbons (Fsp3) is 0.520. The lowest BCUT2D eigenvalue weighted by Crippen LogP contribution is -2.47. The number of piperazine rings is 1. The standard InChI is InChI=1S/C25H32N8O2S/c1-17-12-21(30-24(29-17)35-20-6-4-3-5-7-20)22-14-28-25(36-22)31-23-15-26-19(13-27-23)16-32-8-10-33(11-9-32)18(2)34/h12-15,20H,3-11,16H2,1-2H3,(H,27,28,31). The van der Waals surface area contributed by atoms with Crippen LogP contribution in [0.3, 0.4) is 0 Å². The second kappa shape index (κ2) is 11.3. The molecular formula is C25H32N8O2S. The van der Waals surface area contributed by atoms with Gasteiger partial charge in [0.15, 0.2) is 10.9 Å². The Labute approximate surface area is 215 Å². The summed E-state index contributed by atoms with van der Waals surface area (Å²) in [7, 11) is 0. The molecule has 190 valence electrons. The van der Waals surface area contributed by atoms with Gasteiger partial charge in [0.25, 0.3) is 0 Å². The third-order valence-corrected chi connectivity index (χ3v) is 7.49. The van der Waals surface area contributed by atoms with Crippen molar-refractivity contribution in [3.63, 3.8) is 0 Å². The topological polar surface area (TPSA) is 109 Å². The van der Waals surface area contributed by atoms with Gasteiger partial charge in [0.05, 0.1) is 28.7 Å². The zero-order chi connectivity index (χ0) is 24.9. The summed E-state index contributed by atoms with van der Waals surface area (Å²) in [6.45, 7) is 7.51. The Morgan fingerprint density at radius 1 is 1.06 bits per heavy atom. The minimum absolute atomic E-state index is 0.137. The summed E-state index contributed by atoms with van der Waals surface area (Å²) >= 11 is 1.50. The van der Waals surface area contributed by atoms with Gasteiger partial charge in [-0.25, -0.2) is 15.0 Å². The molecule has 1 amide bonds. The summed E-state index contributed by atoms with van der Waals surface area (Å²) in [6.07, 6.45) is 11.4. The highest BCUT2D eigenvalue weighted by molar-refractivity contribution is 7.18. The van der Waals surface area contributed by atoms with Gasteiger partial charge in [-0.15, -0.1) is 0 Å². The molecule has 2 fully saturated rings. The lowest BCUT2D eigenvalue weighted by molar-refractivity contribution is -0.130. The van der Waals surface area contributed by atoms with Crippen molar-refractivity contribution < 1.29 is 9.53 Å². The third kappa shape index (κ3) is 6.33. The zero-order valence-corrected chi connectivity index (χ0v) is 21.6. The van der Waals surface area contributed by atoms with Crippen LogP contribution in [0.2, 0.25) is 0 Å². The maximum absolute atomic E-state index is 11.5. The van der Waals surface area contributed by atoms with E-state index in [9.17, 15) is 4.79 Å². The van der Waals surface area contributed by atoms with E-state index in [1.54, 1.807) is 19.3 Å². The lowest BCUT2D eigenvalue weighted by Gasteiger charge is -2.33. The van der Waals surface area contributed by atoms with E-state index in [0.29, 0.717) is 11.8 Å². The van der Waals surface area contributed by atoms with Crippen molar-refractivity contribution in [2.45, 2.75) is 58.6 Å². The SMILES string of the molecule is CC(=O)N1CCN(Cc2cnc(Nc3ncc(-c4cc(C)nc(OC5CCCCC5)n4)s3)cn2)CC1. The maximum atomic E-state index is 11.5. The molecule has 0 spiro atoms. The van der Waals surface area contributed by atoms with Crippen molar-refractivity contribution in [2.24, 2.45) is 0 Å². The highest BCUT2D eigenvalue weighted by Gasteiger charge is 2.20. The normalized spacial score (nSPS) is 17.2. The van der Waals surface area contributed by atoms with E-state index < -0.39 is 0 Å². The van der Waals surface area contributed by atoms with Gasteiger partial charge in [-0.05, 0) is 38.7 Å². The molecular weight excluding hydrogens is 476 g/mol. The van der Waals surface area contributed by atoms with Crippen LogP contribution in [0.25, 0.3) is 10.6 Å². The Morgan fingerprint density at radius 2 is 1.86 bits per heavy atom. The van der Waals surface area contributed by atoms with Crippen LogP contribution in [0, 0.1) is 6.92 Å². The number of nitrogens with one attached hydrogen (secondary N) is 1. The quantitative estimate of drug-likeness (QED) is 0.509. The van der Waals surface area contributed by atoms with Gasteiger partial charge in [0.1, 0.15) is 6.10 Å². The van der Waals surface area contributed by atoms with Gasteiger partial charge in [-0.2, -0.15) is 4.98 Å². The minimum atomic E-state index is 0.137. The Hall–Kier alpha value is -3.18. The van der Waals surface area contributed by atoms with E-state index in [4.69, 9.17) is 4.74 Å². The second-order valence-corrected chi connectivity index (χ2v) is 10.4. The number of aromatic nitrogens is 5. The van der Waals surface area contributed by atoms with Crippen LogP contribution in [0.15, 0.2) is 24.7 Å². The summed E-state index contributed by atoms with van der Waals surface area (Å²) in [5, 5.41) is 3.96. The van der Waals surface area contributed by atoms with E-state index in [0.717, 1.165) is 72.7 Å². The average Bonchev–Trinajstić information content (AvgIpc) is 3.34. The number of aryl methyl sites for hydroxylation is 1. The van der Waals surface area contributed by atoms with E-state index >= 15 is 0 Å². The lowest BCUT2D eigenvalue weighted by atomic mass is 9.98. The Kier molecular flexibility index (Phi) is 7.66. The number of thiazole rings is 1. The second-order valence-electron chi connectivity index (χ2n) is 9.38. The number of nitrogens with zero attached hydrogens (tertiary/aromatic N) is 7. The number of anilines is 2. The molecule has 10 nitrogen and oxygen atoms in total. The number of carbonyl (C=O) groups is 1. The van der Waals surface area contributed by atoms with Crippen LogP contribution in [0.5, 0.6) is 6.01 Å². The molecule has 1 aliphatic carbocycles. The smallest absolute Gasteiger partial charge is 0.317 e. The largest absolute Gasteiger partial charge is 0.460 e. The predicted molar refractivity (Wildman–Crippen MR) is 138 cm³/mol. The first-order chi connectivity index (χ1) is 17.5. The molecule has 1 saturated carbocycles. The van der Waals surface area contributed by atoms with E-state index in [1.165, 1.54) is 30.6 Å². The third-order valence-electron chi connectivity index (χ3n) is 6.56. The van der Waals surface area contributed by atoms with Crippen molar-refractivity contribution >= 4 is 28.2 Å². The van der Waals surface area contributed by atoms with Gasteiger partial charge < -0.3 is 15.0 Å². The average molecular weight is 509 g/mol. The molecule has 11 heteroatoms. The molecule has 36 heavy (non-hydrogen) atoms. The number of ether oxygens (including phenoxy) is 1. The van der Waals surface area contributed by atoms with Crippen molar-refractivity contribution in [1.82, 2.24) is 34.7 Å². The first-order valence-electron chi connectivity index (χ1n) is 12.6. The molecule has 1 N–H and O–H groups in total. The van der Waals surface area contributed by atoms with Crippen LogP contribution in [0.1, 0.15) is 50.4 Å². The van der Waals surface area contributed by atoms with Gasteiger partial charge in [0.2, 0.25) is 5.91 Å².